The zero-order valence-corrected chi connectivity index (χ0v) is 22.7. The number of hydrogen-bond acceptors (Lipinski definition) is 5. The molecule has 8 heteroatoms. The Labute approximate surface area is 223 Å². The lowest BCUT2D eigenvalue weighted by Gasteiger charge is -2.34. The molecule has 1 aromatic carbocycles. The van der Waals surface area contributed by atoms with Crippen molar-refractivity contribution in [3.05, 3.63) is 52.8 Å². The molecule has 8 nitrogen and oxygen atoms in total. The Kier molecular flexibility index (Phi) is 6.08. The standard InChI is InChI=1S/C30H36N4O4/c1-18-15-31-27-23(18)14-21(16-32-27)20-12-19-9-11-33(28(35)37-22-7-8-22)17-25(19)24(13-20)26-6-5-10-34(26)29(36)38-30(2,3)4/h12-16,22,26H,5-11,17H2,1-4H3,(H,31,32)/t26-/m0/s1. The third-order valence-electron chi connectivity index (χ3n) is 7.74. The molecule has 200 valence electrons. The second kappa shape index (κ2) is 9.33. The molecule has 1 saturated carbocycles. The average Bonchev–Trinajstić information content (AvgIpc) is 3.41. The normalized spacial score (nSPS) is 19.5. The van der Waals surface area contributed by atoms with Gasteiger partial charge < -0.3 is 24.3 Å². The molecule has 3 aliphatic rings. The zero-order valence-electron chi connectivity index (χ0n) is 22.7. The second-order valence-electron chi connectivity index (χ2n) is 11.9. The van der Waals surface area contributed by atoms with Gasteiger partial charge in [0.05, 0.1) is 6.04 Å². The van der Waals surface area contributed by atoms with E-state index >= 15 is 0 Å². The van der Waals surface area contributed by atoms with E-state index in [2.05, 4.69) is 35.1 Å². The molecular formula is C30H36N4O4. The smallest absolute Gasteiger partial charge is 0.410 e. The minimum Gasteiger partial charge on any atom is -0.446 e. The third-order valence-corrected chi connectivity index (χ3v) is 7.74. The summed E-state index contributed by atoms with van der Waals surface area (Å²) < 4.78 is 11.4. The summed E-state index contributed by atoms with van der Waals surface area (Å²) in [4.78, 5) is 37.6. The molecule has 4 heterocycles. The number of aromatic nitrogens is 2. The van der Waals surface area contributed by atoms with Crippen molar-refractivity contribution in [2.75, 3.05) is 13.1 Å². The molecule has 6 rings (SSSR count). The molecule has 0 unspecified atom stereocenters. The summed E-state index contributed by atoms with van der Waals surface area (Å²) in [7, 11) is 0. The summed E-state index contributed by atoms with van der Waals surface area (Å²) in [6, 6.07) is 6.51. The minimum absolute atomic E-state index is 0.0718. The van der Waals surface area contributed by atoms with E-state index in [1.165, 1.54) is 5.56 Å². The maximum Gasteiger partial charge on any atom is 0.410 e. The topological polar surface area (TPSA) is 87.8 Å². The van der Waals surface area contributed by atoms with E-state index < -0.39 is 5.60 Å². The minimum atomic E-state index is -0.565. The van der Waals surface area contributed by atoms with E-state index in [-0.39, 0.29) is 24.3 Å². The Bertz CT molecular complexity index is 1400. The van der Waals surface area contributed by atoms with Crippen LogP contribution in [-0.4, -0.2) is 56.7 Å². The monoisotopic (exact) mass is 516 g/mol. The van der Waals surface area contributed by atoms with Gasteiger partial charge in [0.1, 0.15) is 17.4 Å². The highest BCUT2D eigenvalue weighted by molar-refractivity contribution is 5.85. The number of hydrogen-bond donors (Lipinski definition) is 1. The van der Waals surface area contributed by atoms with Crippen LogP contribution in [0.4, 0.5) is 9.59 Å². The number of nitrogens with zero attached hydrogens (tertiary/aromatic N) is 3. The molecule has 1 atom stereocenters. The fraction of sp³-hybridized carbons (Fsp3) is 0.500. The Morgan fingerprint density at radius 2 is 1.87 bits per heavy atom. The highest BCUT2D eigenvalue weighted by Crippen LogP contribution is 2.40. The predicted molar refractivity (Wildman–Crippen MR) is 145 cm³/mol. The quantitative estimate of drug-likeness (QED) is 0.443. The number of nitrogens with one attached hydrogen (secondary N) is 1. The molecule has 2 fully saturated rings. The van der Waals surface area contributed by atoms with Crippen molar-refractivity contribution < 1.29 is 19.1 Å². The first-order valence-corrected chi connectivity index (χ1v) is 13.7. The number of amides is 2. The number of benzene rings is 1. The number of ether oxygens (including phenoxy) is 2. The Morgan fingerprint density at radius 1 is 1.05 bits per heavy atom. The van der Waals surface area contributed by atoms with Gasteiger partial charge in [-0.25, -0.2) is 14.6 Å². The van der Waals surface area contributed by atoms with Crippen molar-refractivity contribution in [3.8, 4) is 11.1 Å². The molecule has 38 heavy (non-hydrogen) atoms. The fourth-order valence-corrected chi connectivity index (χ4v) is 5.64. The van der Waals surface area contributed by atoms with Crippen molar-refractivity contribution in [1.82, 2.24) is 19.8 Å². The number of H-pyrrole nitrogens is 1. The van der Waals surface area contributed by atoms with E-state index in [1.807, 2.05) is 43.0 Å². The van der Waals surface area contributed by atoms with Crippen LogP contribution in [0.1, 0.15) is 74.8 Å². The van der Waals surface area contributed by atoms with Crippen LogP contribution in [0.3, 0.4) is 0 Å². The summed E-state index contributed by atoms with van der Waals surface area (Å²) in [5.74, 6) is 0. The largest absolute Gasteiger partial charge is 0.446 e. The van der Waals surface area contributed by atoms with Gasteiger partial charge in [0.25, 0.3) is 0 Å². The number of pyridine rings is 1. The maximum absolute atomic E-state index is 13.2. The number of carbonyl (C=O) groups excluding carboxylic acids is 2. The highest BCUT2D eigenvalue weighted by atomic mass is 16.6. The fourth-order valence-electron chi connectivity index (χ4n) is 5.64. The lowest BCUT2D eigenvalue weighted by molar-refractivity contribution is 0.0222. The first-order chi connectivity index (χ1) is 18.2. The van der Waals surface area contributed by atoms with Crippen molar-refractivity contribution in [2.24, 2.45) is 0 Å². The first kappa shape index (κ1) is 24.8. The van der Waals surface area contributed by atoms with Gasteiger partial charge in [-0.05, 0) is 99.7 Å². The number of carbonyl (C=O) groups is 2. The number of likely N-dealkylation sites (tertiary alicyclic amines) is 1. The zero-order chi connectivity index (χ0) is 26.6. The second-order valence-corrected chi connectivity index (χ2v) is 11.9. The number of rotatable bonds is 3. The van der Waals surface area contributed by atoms with E-state index in [0.717, 1.165) is 71.0 Å². The van der Waals surface area contributed by atoms with Crippen LogP contribution >= 0.6 is 0 Å². The number of aromatic amines is 1. The maximum atomic E-state index is 13.2. The van der Waals surface area contributed by atoms with Gasteiger partial charge in [-0.1, -0.05) is 6.07 Å². The molecule has 1 aliphatic carbocycles. The van der Waals surface area contributed by atoms with E-state index in [1.54, 1.807) is 0 Å². The van der Waals surface area contributed by atoms with Crippen LogP contribution in [0.25, 0.3) is 22.2 Å². The molecule has 1 saturated heterocycles. The van der Waals surface area contributed by atoms with Crippen LogP contribution < -0.4 is 0 Å². The van der Waals surface area contributed by atoms with Crippen LogP contribution in [0.15, 0.2) is 30.6 Å². The summed E-state index contributed by atoms with van der Waals surface area (Å²) in [6.45, 7) is 9.53. The highest BCUT2D eigenvalue weighted by Gasteiger charge is 2.37. The average molecular weight is 517 g/mol. The molecule has 0 radical (unpaired) electrons. The lowest BCUT2D eigenvalue weighted by atomic mass is 9.87. The summed E-state index contributed by atoms with van der Waals surface area (Å²) in [6.07, 6.45) is 7.86. The van der Waals surface area contributed by atoms with Gasteiger partial charge in [0, 0.05) is 43.0 Å². The molecule has 2 amide bonds. The predicted octanol–water partition coefficient (Wildman–Crippen LogP) is 6.27. The molecule has 0 bridgehead atoms. The van der Waals surface area contributed by atoms with Crippen molar-refractivity contribution in [1.29, 1.82) is 0 Å². The summed E-state index contributed by atoms with van der Waals surface area (Å²) in [5, 5.41) is 1.10. The molecule has 2 aromatic heterocycles. The van der Waals surface area contributed by atoms with Crippen LogP contribution in [0, 0.1) is 6.92 Å². The van der Waals surface area contributed by atoms with Gasteiger partial charge in [0.2, 0.25) is 0 Å². The Morgan fingerprint density at radius 3 is 2.63 bits per heavy atom. The van der Waals surface area contributed by atoms with Crippen molar-refractivity contribution in [2.45, 2.75) is 84.1 Å². The van der Waals surface area contributed by atoms with E-state index in [9.17, 15) is 9.59 Å². The molecule has 0 spiro atoms. The Hall–Kier alpha value is -3.55. The number of aryl methyl sites for hydroxylation is 1. The first-order valence-electron chi connectivity index (χ1n) is 13.7. The molecular weight excluding hydrogens is 480 g/mol. The van der Waals surface area contributed by atoms with Gasteiger partial charge in [-0.3, -0.25) is 0 Å². The Balaban J connectivity index is 1.41. The van der Waals surface area contributed by atoms with Crippen molar-refractivity contribution >= 4 is 23.2 Å². The molecule has 1 N–H and O–H groups in total. The molecule has 2 aliphatic heterocycles. The van der Waals surface area contributed by atoms with Crippen LogP contribution in [-0.2, 0) is 22.4 Å². The van der Waals surface area contributed by atoms with Crippen LogP contribution in [0.2, 0.25) is 0 Å². The van der Waals surface area contributed by atoms with E-state index in [4.69, 9.17) is 9.47 Å². The van der Waals surface area contributed by atoms with E-state index in [0.29, 0.717) is 19.6 Å². The van der Waals surface area contributed by atoms with Crippen molar-refractivity contribution in [3.63, 3.8) is 0 Å². The van der Waals surface area contributed by atoms with Gasteiger partial charge in [-0.15, -0.1) is 0 Å². The third kappa shape index (κ3) is 4.84. The van der Waals surface area contributed by atoms with Crippen LogP contribution in [0.5, 0.6) is 0 Å². The number of fused-ring (bicyclic) bond motifs is 2. The van der Waals surface area contributed by atoms with Gasteiger partial charge in [0.15, 0.2) is 0 Å². The summed E-state index contributed by atoms with van der Waals surface area (Å²) in [5.41, 5.74) is 7.03. The lowest BCUT2D eigenvalue weighted by Crippen LogP contribution is -2.39. The molecule has 3 aromatic rings. The van der Waals surface area contributed by atoms with Gasteiger partial charge in [-0.2, -0.15) is 0 Å². The summed E-state index contributed by atoms with van der Waals surface area (Å²) >= 11 is 0. The SMILES string of the molecule is Cc1c[nH]c2ncc(-c3cc4c(c([C@@H]5CCCN5C(=O)OC(C)(C)C)c3)CN(C(=O)OC3CC3)CC4)cc12. The van der Waals surface area contributed by atoms with Gasteiger partial charge >= 0.3 is 12.2 Å².